The van der Waals surface area contributed by atoms with Crippen molar-refractivity contribution in [3.63, 3.8) is 0 Å². The molecule has 0 saturated heterocycles. The fraction of sp³-hybridized carbons (Fsp3) is 0.250. The van der Waals surface area contributed by atoms with E-state index in [1.807, 2.05) is 6.07 Å². The third kappa shape index (κ3) is 2.79. The Labute approximate surface area is 118 Å². The van der Waals surface area contributed by atoms with E-state index in [0.29, 0.717) is 5.56 Å². The number of aryl methyl sites for hydroxylation is 1. The number of hydrogen-bond donors (Lipinski definition) is 1. The van der Waals surface area contributed by atoms with E-state index in [0.717, 1.165) is 24.0 Å². The summed E-state index contributed by atoms with van der Waals surface area (Å²) in [5.41, 5.74) is 2.68. The van der Waals surface area contributed by atoms with Crippen LogP contribution in [-0.2, 0) is 11.2 Å². The lowest BCUT2D eigenvalue weighted by Crippen LogP contribution is -2.05. The lowest BCUT2D eigenvalue weighted by atomic mass is 9.95. The summed E-state index contributed by atoms with van der Waals surface area (Å²) in [4.78, 5) is 15.9. The number of aromatic nitrogens is 1. The van der Waals surface area contributed by atoms with E-state index < -0.39 is 5.97 Å². The molecule has 2 rings (SSSR count). The van der Waals surface area contributed by atoms with E-state index in [-0.39, 0.29) is 11.3 Å². The van der Waals surface area contributed by atoms with Crippen LogP contribution in [0.3, 0.4) is 0 Å². The molecule has 0 fully saturated rings. The highest BCUT2D eigenvalue weighted by molar-refractivity contribution is 6.00. The predicted octanol–water partition coefficient (Wildman–Crippen LogP) is 3.19. The molecule has 0 aliphatic carbocycles. The summed E-state index contributed by atoms with van der Waals surface area (Å²) in [5, 5.41) is 10.1. The number of carbonyl (C=O) groups excluding carboxylic acids is 1. The van der Waals surface area contributed by atoms with Crippen molar-refractivity contribution >= 4 is 5.97 Å². The van der Waals surface area contributed by atoms with Crippen LogP contribution in [0.5, 0.6) is 5.75 Å². The highest BCUT2D eigenvalue weighted by Gasteiger charge is 2.19. The zero-order valence-electron chi connectivity index (χ0n) is 11.6. The van der Waals surface area contributed by atoms with Gasteiger partial charge in [0.1, 0.15) is 11.3 Å². The summed E-state index contributed by atoms with van der Waals surface area (Å²) in [6.07, 6.45) is 5.11. The van der Waals surface area contributed by atoms with Gasteiger partial charge in [0.15, 0.2) is 0 Å². The van der Waals surface area contributed by atoms with Gasteiger partial charge in [-0.1, -0.05) is 19.4 Å². The van der Waals surface area contributed by atoms with Crippen molar-refractivity contribution in [3.05, 3.63) is 47.8 Å². The summed E-state index contributed by atoms with van der Waals surface area (Å²) >= 11 is 0. The molecule has 0 aliphatic heterocycles. The molecule has 0 bridgehead atoms. The molecule has 0 aliphatic rings. The molecule has 1 N–H and O–H groups in total. The lowest BCUT2D eigenvalue weighted by Gasteiger charge is -2.12. The minimum atomic E-state index is -0.544. The Morgan fingerprint density at radius 2 is 2.00 bits per heavy atom. The van der Waals surface area contributed by atoms with E-state index >= 15 is 0 Å². The zero-order valence-corrected chi connectivity index (χ0v) is 11.6. The van der Waals surface area contributed by atoms with Gasteiger partial charge in [0.05, 0.1) is 7.11 Å². The summed E-state index contributed by atoms with van der Waals surface area (Å²) in [5.74, 6) is -0.591. The number of phenols is 1. The van der Waals surface area contributed by atoms with E-state index in [4.69, 9.17) is 4.74 Å². The van der Waals surface area contributed by atoms with Crippen molar-refractivity contribution in [3.8, 4) is 16.9 Å². The normalized spacial score (nSPS) is 10.3. The highest BCUT2D eigenvalue weighted by Crippen LogP contribution is 2.32. The monoisotopic (exact) mass is 271 g/mol. The second-order valence-electron chi connectivity index (χ2n) is 4.51. The first-order valence-corrected chi connectivity index (χ1v) is 6.52. The number of ether oxygens (including phenoxy) is 1. The minimum absolute atomic E-state index is 0.0467. The number of esters is 1. The standard InChI is InChI=1S/C16H17NO3/c1-3-4-11-9-13(12-5-7-17-8-6-12)15(14(18)10-11)16(19)20-2/h5-10,18H,3-4H2,1-2H3. The number of phenolic OH excluding ortho intramolecular Hbond substituents is 1. The Morgan fingerprint density at radius 3 is 2.60 bits per heavy atom. The van der Waals surface area contributed by atoms with Crippen LogP contribution in [0.1, 0.15) is 29.3 Å². The van der Waals surface area contributed by atoms with Crippen molar-refractivity contribution in [2.75, 3.05) is 7.11 Å². The lowest BCUT2D eigenvalue weighted by molar-refractivity contribution is 0.0598. The molecule has 104 valence electrons. The average Bonchev–Trinajstić information content (AvgIpc) is 2.47. The van der Waals surface area contributed by atoms with Gasteiger partial charge in [0, 0.05) is 18.0 Å². The topological polar surface area (TPSA) is 59.4 Å². The van der Waals surface area contributed by atoms with Crippen molar-refractivity contribution < 1.29 is 14.6 Å². The molecule has 4 heteroatoms. The van der Waals surface area contributed by atoms with Crippen LogP contribution in [-0.4, -0.2) is 23.2 Å². The third-order valence-corrected chi connectivity index (χ3v) is 3.10. The van der Waals surface area contributed by atoms with Crippen LogP contribution in [0, 0.1) is 0 Å². The number of methoxy groups -OCH3 is 1. The van der Waals surface area contributed by atoms with Crippen molar-refractivity contribution in [1.82, 2.24) is 4.98 Å². The molecule has 0 amide bonds. The van der Waals surface area contributed by atoms with E-state index in [1.54, 1.807) is 30.6 Å². The molecular formula is C16H17NO3. The zero-order chi connectivity index (χ0) is 14.5. The van der Waals surface area contributed by atoms with Gasteiger partial charge in [-0.05, 0) is 35.7 Å². The van der Waals surface area contributed by atoms with Gasteiger partial charge >= 0.3 is 5.97 Å². The molecule has 0 saturated carbocycles. The fourth-order valence-corrected chi connectivity index (χ4v) is 2.19. The maximum absolute atomic E-state index is 11.9. The molecule has 0 spiro atoms. The molecule has 0 atom stereocenters. The van der Waals surface area contributed by atoms with Gasteiger partial charge in [-0.15, -0.1) is 0 Å². The van der Waals surface area contributed by atoms with Gasteiger partial charge in [0.2, 0.25) is 0 Å². The predicted molar refractivity (Wildman–Crippen MR) is 76.7 cm³/mol. The highest BCUT2D eigenvalue weighted by atomic mass is 16.5. The molecule has 2 aromatic rings. The van der Waals surface area contributed by atoms with Crippen molar-refractivity contribution in [1.29, 1.82) is 0 Å². The number of benzene rings is 1. The van der Waals surface area contributed by atoms with Crippen LogP contribution in [0.2, 0.25) is 0 Å². The summed E-state index contributed by atoms with van der Waals surface area (Å²) < 4.78 is 4.76. The Morgan fingerprint density at radius 1 is 1.30 bits per heavy atom. The van der Waals surface area contributed by atoms with E-state index in [1.165, 1.54) is 7.11 Å². The van der Waals surface area contributed by atoms with Gasteiger partial charge in [-0.3, -0.25) is 4.98 Å². The van der Waals surface area contributed by atoms with E-state index in [9.17, 15) is 9.90 Å². The molecule has 4 nitrogen and oxygen atoms in total. The average molecular weight is 271 g/mol. The maximum Gasteiger partial charge on any atom is 0.342 e. The maximum atomic E-state index is 11.9. The van der Waals surface area contributed by atoms with Crippen molar-refractivity contribution in [2.45, 2.75) is 19.8 Å². The van der Waals surface area contributed by atoms with Crippen LogP contribution in [0.15, 0.2) is 36.7 Å². The summed E-state index contributed by atoms with van der Waals surface area (Å²) in [6.45, 7) is 2.07. The van der Waals surface area contributed by atoms with Crippen molar-refractivity contribution in [2.24, 2.45) is 0 Å². The molecule has 0 radical (unpaired) electrons. The molecule has 1 aromatic carbocycles. The minimum Gasteiger partial charge on any atom is -0.507 e. The number of rotatable bonds is 4. The second kappa shape index (κ2) is 6.19. The molecule has 0 unspecified atom stereocenters. The van der Waals surface area contributed by atoms with E-state index in [2.05, 4.69) is 11.9 Å². The molecule has 20 heavy (non-hydrogen) atoms. The second-order valence-corrected chi connectivity index (χ2v) is 4.51. The van der Waals surface area contributed by atoms with Crippen LogP contribution < -0.4 is 0 Å². The third-order valence-electron chi connectivity index (χ3n) is 3.10. The number of pyridine rings is 1. The molecule has 1 aromatic heterocycles. The molecule has 1 heterocycles. The number of hydrogen-bond acceptors (Lipinski definition) is 4. The number of carbonyl (C=O) groups is 1. The first kappa shape index (κ1) is 14.1. The van der Waals surface area contributed by atoms with Gasteiger partial charge < -0.3 is 9.84 Å². The summed E-state index contributed by atoms with van der Waals surface area (Å²) in [7, 11) is 1.30. The largest absolute Gasteiger partial charge is 0.507 e. The quantitative estimate of drug-likeness (QED) is 0.867. The van der Waals surface area contributed by atoms with Gasteiger partial charge in [0.25, 0.3) is 0 Å². The number of nitrogens with zero attached hydrogens (tertiary/aromatic N) is 1. The number of aromatic hydroxyl groups is 1. The Balaban J connectivity index is 2.64. The fourth-order valence-electron chi connectivity index (χ4n) is 2.19. The Kier molecular flexibility index (Phi) is 4.35. The van der Waals surface area contributed by atoms with Gasteiger partial charge in [-0.25, -0.2) is 4.79 Å². The molecular weight excluding hydrogens is 254 g/mol. The Bertz CT molecular complexity index is 609. The van der Waals surface area contributed by atoms with Crippen LogP contribution in [0.4, 0.5) is 0 Å². The first-order valence-electron chi connectivity index (χ1n) is 6.52. The first-order chi connectivity index (χ1) is 9.67. The smallest absolute Gasteiger partial charge is 0.342 e. The van der Waals surface area contributed by atoms with Crippen LogP contribution in [0.25, 0.3) is 11.1 Å². The van der Waals surface area contributed by atoms with Crippen LogP contribution >= 0.6 is 0 Å². The summed E-state index contributed by atoms with van der Waals surface area (Å²) in [6, 6.07) is 7.15. The van der Waals surface area contributed by atoms with Gasteiger partial charge in [-0.2, -0.15) is 0 Å². The Hall–Kier alpha value is -2.36. The SMILES string of the molecule is CCCc1cc(O)c(C(=O)OC)c(-c2ccncc2)c1.